The zero-order valence-electron chi connectivity index (χ0n) is 11.3. The van der Waals surface area contributed by atoms with Crippen molar-refractivity contribution in [2.45, 2.75) is 39.5 Å². The van der Waals surface area contributed by atoms with Gasteiger partial charge < -0.3 is 10.6 Å². The Balaban J connectivity index is 2.24. The molecule has 1 aromatic carbocycles. The molecule has 0 spiro atoms. The summed E-state index contributed by atoms with van der Waals surface area (Å²) >= 11 is 0. The first-order valence-electron chi connectivity index (χ1n) is 6.75. The van der Waals surface area contributed by atoms with E-state index in [1.807, 2.05) is 30.9 Å². The van der Waals surface area contributed by atoms with Crippen LogP contribution >= 0.6 is 0 Å². The van der Waals surface area contributed by atoms with Crippen molar-refractivity contribution in [3.05, 3.63) is 28.8 Å². The molecule has 0 atom stereocenters. The number of carbonyl (C=O) groups is 1. The Morgan fingerprint density at radius 1 is 1.06 bits per heavy atom. The number of aryl methyl sites for hydroxylation is 2. The van der Waals surface area contributed by atoms with Gasteiger partial charge in [-0.05, 0) is 43.9 Å². The van der Waals surface area contributed by atoms with Crippen molar-refractivity contribution >= 4 is 11.6 Å². The molecule has 1 heterocycles. The quantitative estimate of drug-likeness (QED) is 0.774. The van der Waals surface area contributed by atoms with Crippen molar-refractivity contribution in [1.82, 2.24) is 4.90 Å². The molecule has 2 rings (SSSR count). The first kappa shape index (κ1) is 12.9. The molecule has 0 aliphatic carbocycles. The van der Waals surface area contributed by atoms with Gasteiger partial charge in [-0.2, -0.15) is 0 Å². The van der Waals surface area contributed by atoms with E-state index in [9.17, 15) is 4.79 Å². The van der Waals surface area contributed by atoms with Crippen LogP contribution in [0.1, 0.15) is 47.2 Å². The van der Waals surface area contributed by atoms with Gasteiger partial charge in [0.15, 0.2) is 0 Å². The number of benzene rings is 1. The van der Waals surface area contributed by atoms with Gasteiger partial charge >= 0.3 is 0 Å². The van der Waals surface area contributed by atoms with Crippen molar-refractivity contribution in [2.75, 3.05) is 18.8 Å². The maximum Gasteiger partial charge on any atom is 0.254 e. The Morgan fingerprint density at radius 2 is 1.67 bits per heavy atom. The Morgan fingerprint density at radius 3 is 2.28 bits per heavy atom. The van der Waals surface area contributed by atoms with Crippen LogP contribution in [0.2, 0.25) is 0 Å². The van der Waals surface area contributed by atoms with Gasteiger partial charge in [-0.15, -0.1) is 0 Å². The van der Waals surface area contributed by atoms with E-state index in [1.165, 1.54) is 12.8 Å². The molecule has 0 saturated carbocycles. The summed E-state index contributed by atoms with van der Waals surface area (Å²) in [6.07, 6.45) is 4.70. The highest BCUT2D eigenvalue weighted by Crippen LogP contribution is 2.21. The van der Waals surface area contributed by atoms with Gasteiger partial charge in [0, 0.05) is 24.3 Å². The number of carbonyl (C=O) groups excluding carboxylic acids is 1. The minimum absolute atomic E-state index is 0.140. The highest BCUT2D eigenvalue weighted by Gasteiger charge is 2.19. The summed E-state index contributed by atoms with van der Waals surface area (Å²) in [6, 6.07) is 3.83. The lowest BCUT2D eigenvalue weighted by atomic mass is 10.0. The lowest BCUT2D eigenvalue weighted by Crippen LogP contribution is -2.32. The minimum Gasteiger partial charge on any atom is -0.398 e. The first-order valence-corrected chi connectivity index (χ1v) is 6.75. The van der Waals surface area contributed by atoms with Crippen LogP contribution in [0.15, 0.2) is 12.1 Å². The molecule has 3 heteroatoms. The standard InChI is InChI=1S/C15H22N2O/c1-11-9-12(2)14(16)10-13(11)15(18)17-7-5-3-4-6-8-17/h9-10H,3-8,16H2,1-2H3. The lowest BCUT2D eigenvalue weighted by molar-refractivity contribution is 0.0761. The zero-order valence-corrected chi connectivity index (χ0v) is 11.3. The van der Waals surface area contributed by atoms with Gasteiger partial charge in [0.2, 0.25) is 0 Å². The Bertz CT molecular complexity index is 446. The van der Waals surface area contributed by atoms with Crippen LogP contribution in [0, 0.1) is 13.8 Å². The normalized spacial score (nSPS) is 16.4. The predicted molar refractivity (Wildman–Crippen MR) is 74.7 cm³/mol. The predicted octanol–water partition coefficient (Wildman–Crippen LogP) is 2.90. The monoisotopic (exact) mass is 246 g/mol. The second-order valence-electron chi connectivity index (χ2n) is 5.23. The molecule has 18 heavy (non-hydrogen) atoms. The molecule has 0 bridgehead atoms. The van der Waals surface area contributed by atoms with Gasteiger partial charge in [0.25, 0.3) is 5.91 Å². The number of hydrogen-bond donors (Lipinski definition) is 1. The van der Waals surface area contributed by atoms with E-state index >= 15 is 0 Å². The molecule has 2 N–H and O–H groups in total. The second kappa shape index (κ2) is 5.42. The average molecular weight is 246 g/mol. The molecular formula is C15H22N2O. The van der Waals surface area contributed by atoms with Crippen LogP contribution < -0.4 is 5.73 Å². The minimum atomic E-state index is 0.140. The van der Waals surface area contributed by atoms with E-state index in [1.54, 1.807) is 0 Å². The maximum absolute atomic E-state index is 12.5. The number of likely N-dealkylation sites (tertiary alicyclic amines) is 1. The van der Waals surface area contributed by atoms with E-state index in [-0.39, 0.29) is 5.91 Å². The molecule has 0 aromatic heterocycles. The second-order valence-corrected chi connectivity index (χ2v) is 5.23. The van der Waals surface area contributed by atoms with Crippen molar-refractivity contribution in [3.8, 4) is 0 Å². The van der Waals surface area contributed by atoms with Crippen molar-refractivity contribution in [2.24, 2.45) is 0 Å². The van der Waals surface area contributed by atoms with Gasteiger partial charge in [-0.25, -0.2) is 0 Å². The number of anilines is 1. The first-order chi connectivity index (χ1) is 8.59. The van der Waals surface area contributed by atoms with Gasteiger partial charge in [-0.3, -0.25) is 4.79 Å². The molecule has 98 valence electrons. The zero-order chi connectivity index (χ0) is 13.1. The maximum atomic E-state index is 12.5. The largest absolute Gasteiger partial charge is 0.398 e. The molecular weight excluding hydrogens is 224 g/mol. The molecule has 0 unspecified atom stereocenters. The summed E-state index contributed by atoms with van der Waals surface area (Å²) in [4.78, 5) is 14.5. The van der Waals surface area contributed by atoms with Gasteiger partial charge in [-0.1, -0.05) is 18.9 Å². The van der Waals surface area contributed by atoms with Crippen LogP contribution in [-0.4, -0.2) is 23.9 Å². The number of hydrogen-bond acceptors (Lipinski definition) is 2. The SMILES string of the molecule is Cc1cc(C)c(C(=O)N2CCCCCC2)cc1N. The Labute approximate surface area is 109 Å². The van der Waals surface area contributed by atoms with Crippen LogP contribution in [0.3, 0.4) is 0 Å². The van der Waals surface area contributed by atoms with E-state index < -0.39 is 0 Å². The number of nitrogens with two attached hydrogens (primary N) is 1. The highest BCUT2D eigenvalue weighted by atomic mass is 16.2. The lowest BCUT2D eigenvalue weighted by Gasteiger charge is -2.21. The summed E-state index contributed by atoms with van der Waals surface area (Å²) in [6.45, 7) is 5.72. The molecule has 1 aromatic rings. The van der Waals surface area contributed by atoms with E-state index in [0.29, 0.717) is 5.69 Å². The number of rotatable bonds is 1. The fraction of sp³-hybridized carbons (Fsp3) is 0.533. The summed E-state index contributed by atoms with van der Waals surface area (Å²) in [5.74, 6) is 0.140. The Hall–Kier alpha value is -1.51. The van der Waals surface area contributed by atoms with Crippen LogP contribution in [0.5, 0.6) is 0 Å². The van der Waals surface area contributed by atoms with E-state index in [2.05, 4.69) is 0 Å². The molecule has 1 amide bonds. The van der Waals surface area contributed by atoms with Crippen molar-refractivity contribution in [3.63, 3.8) is 0 Å². The average Bonchev–Trinajstić information content (AvgIpc) is 2.61. The topological polar surface area (TPSA) is 46.3 Å². The smallest absolute Gasteiger partial charge is 0.254 e. The van der Waals surface area contributed by atoms with Gasteiger partial charge in [0.1, 0.15) is 0 Å². The third-order valence-corrected chi connectivity index (χ3v) is 3.74. The molecule has 1 fully saturated rings. The van der Waals surface area contributed by atoms with E-state index in [0.717, 1.165) is 42.6 Å². The highest BCUT2D eigenvalue weighted by molar-refractivity contribution is 5.96. The van der Waals surface area contributed by atoms with Gasteiger partial charge in [0.05, 0.1) is 0 Å². The molecule has 1 aliphatic rings. The number of nitrogen functional groups attached to an aromatic ring is 1. The fourth-order valence-corrected chi connectivity index (χ4v) is 2.54. The third kappa shape index (κ3) is 2.66. The molecule has 1 aliphatic heterocycles. The number of amides is 1. The molecule has 3 nitrogen and oxygen atoms in total. The molecule has 1 saturated heterocycles. The van der Waals surface area contributed by atoms with Crippen LogP contribution in [0.25, 0.3) is 0 Å². The summed E-state index contributed by atoms with van der Waals surface area (Å²) in [5, 5.41) is 0. The van der Waals surface area contributed by atoms with Crippen LogP contribution in [-0.2, 0) is 0 Å². The van der Waals surface area contributed by atoms with Crippen molar-refractivity contribution < 1.29 is 4.79 Å². The summed E-state index contributed by atoms with van der Waals surface area (Å²) < 4.78 is 0. The number of nitrogens with zero attached hydrogens (tertiary/aromatic N) is 1. The van der Waals surface area contributed by atoms with Crippen molar-refractivity contribution in [1.29, 1.82) is 0 Å². The Kier molecular flexibility index (Phi) is 3.90. The fourth-order valence-electron chi connectivity index (χ4n) is 2.54. The summed E-state index contributed by atoms with van der Waals surface area (Å²) in [5.41, 5.74) is 9.45. The van der Waals surface area contributed by atoms with E-state index in [4.69, 9.17) is 5.73 Å². The van der Waals surface area contributed by atoms with Crippen LogP contribution in [0.4, 0.5) is 5.69 Å². The molecule has 0 radical (unpaired) electrons. The summed E-state index contributed by atoms with van der Waals surface area (Å²) in [7, 11) is 0. The third-order valence-electron chi connectivity index (χ3n) is 3.74.